The van der Waals surface area contributed by atoms with Crippen LogP contribution < -0.4 is 11.1 Å². The van der Waals surface area contributed by atoms with E-state index in [2.05, 4.69) is 21.7 Å². The zero-order valence-corrected chi connectivity index (χ0v) is 10.9. The number of nitrogens with two attached hydrogens (primary N) is 1. The van der Waals surface area contributed by atoms with Gasteiger partial charge in [0.15, 0.2) is 0 Å². The van der Waals surface area contributed by atoms with Crippen molar-refractivity contribution in [3.8, 4) is 0 Å². The van der Waals surface area contributed by atoms with E-state index in [0.717, 1.165) is 19.4 Å². The van der Waals surface area contributed by atoms with E-state index in [-0.39, 0.29) is 18.4 Å². The van der Waals surface area contributed by atoms with Crippen molar-refractivity contribution in [2.24, 2.45) is 0 Å². The van der Waals surface area contributed by atoms with Crippen LogP contribution in [0, 0.1) is 0 Å². The van der Waals surface area contributed by atoms with Crippen molar-refractivity contribution in [1.82, 2.24) is 20.1 Å². The quantitative estimate of drug-likeness (QED) is 0.663. The Kier molecular flexibility index (Phi) is 6.46. The SMILES string of the molecule is CSCCCCCNC(=O)Cn1cnc(N)n1. The lowest BCUT2D eigenvalue weighted by Gasteiger charge is -2.04. The third-order valence-electron chi connectivity index (χ3n) is 2.21. The van der Waals surface area contributed by atoms with Crippen LogP contribution in [0.25, 0.3) is 0 Å². The van der Waals surface area contributed by atoms with E-state index in [1.54, 1.807) is 0 Å². The second kappa shape index (κ2) is 7.94. The average Bonchev–Trinajstić information content (AvgIpc) is 2.69. The molecule has 3 N–H and O–H groups in total. The predicted octanol–water partition coefficient (Wildman–Crippen LogP) is 0.510. The Labute approximate surface area is 105 Å². The zero-order valence-electron chi connectivity index (χ0n) is 10.1. The number of thioether (sulfide) groups is 1. The summed E-state index contributed by atoms with van der Waals surface area (Å²) in [6.45, 7) is 0.895. The molecule has 0 spiro atoms. The normalized spacial score (nSPS) is 10.4. The van der Waals surface area contributed by atoms with Gasteiger partial charge in [0.2, 0.25) is 11.9 Å². The standard InChI is InChI=1S/C10H19N5OS/c1-17-6-4-2-3-5-12-9(16)7-15-8-13-10(11)14-15/h8H,2-7H2,1H3,(H2,11,14)(H,12,16). The number of hydrogen-bond donors (Lipinski definition) is 2. The number of amides is 1. The van der Waals surface area contributed by atoms with E-state index >= 15 is 0 Å². The van der Waals surface area contributed by atoms with Crippen molar-refractivity contribution >= 4 is 23.6 Å². The highest BCUT2D eigenvalue weighted by atomic mass is 32.2. The van der Waals surface area contributed by atoms with Gasteiger partial charge in [0, 0.05) is 6.54 Å². The monoisotopic (exact) mass is 257 g/mol. The van der Waals surface area contributed by atoms with E-state index < -0.39 is 0 Å². The van der Waals surface area contributed by atoms with Gasteiger partial charge >= 0.3 is 0 Å². The molecule has 0 fully saturated rings. The fraction of sp³-hybridized carbons (Fsp3) is 0.700. The van der Waals surface area contributed by atoms with Gasteiger partial charge in [-0.3, -0.25) is 4.79 Å². The van der Waals surface area contributed by atoms with Crippen LogP contribution in [0.3, 0.4) is 0 Å². The third kappa shape index (κ3) is 6.15. The van der Waals surface area contributed by atoms with E-state index in [0.29, 0.717) is 0 Å². The van der Waals surface area contributed by atoms with Crippen LogP contribution in [0.4, 0.5) is 5.95 Å². The number of nitrogens with one attached hydrogen (secondary N) is 1. The molecule has 7 heteroatoms. The van der Waals surface area contributed by atoms with Gasteiger partial charge in [-0.25, -0.2) is 9.67 Å². The zero-order chi connectivity index (χ0) is 12.5. The molecular formula is C10H19N5OS. The highest BCUT2D eigenvalue weighted by Crippen LogP contribution is 2.01. The van der Waals surface area contributed by atoms with Gasteiger partial charge in [0.25, 0.3) is 0 Å². The number of nitrogen functional groups attached to an aromatic ring is 1. The maximum absolute atomic E-state index is 11.5. The molecule has 1 aromatic rings. The molecule has 0 aliphatic heterocycles. The van der Waals surface area contributed by atoms with Gasteiger partial charge in [0.05, 0.1) is 0 Å². The minimum absolute atomic E-state index is 0.0558. The lowest BCUT2D eigenvalue weighted by atomic mass is 10.2. The molecule has 96 valence electrons. The van der Waals surface area contributed by atoms with Gasteiger partial charge in [-0.15, -0.1) is 5.10 Å². The largest absolute Gasteiger partial charge is 0.367 e. The van der Waals surface area contributed by atoms with E-state index in [1.807, 2.05) is 11.8 Å². The van der Waals surface area contributed by atoms with Crippen molar-refractivity contribution in [3.05, 3.63) is 6.33 Å². The fourth-order valence-corrected chi connectivity index (χ4v) is 1.86. The molecule has 0 bridgehead atoms. The Balaban J connectivity index is 2.05. The van der Waals surface area contributed by atoms with Crippen molar-refractivity contribution in [2.45, 2.75) is 25.8 Å². The molecule has 0 aromatic carbocycles. The van der Waals surface area contributed by atoms with E-state index in [1.165, 1.54) is 23.2 Å². The highest BCUT2D eigenvalue weighted by molar-refractivity contribution is 7.98. The molecule has 0 aliphatic rings. The number of hydrogen-bond acceptors (Lipinski definition) is 5. The van der Waals surface area contributed by atoms with Gasteiger partial charge < -0.3 is 11.1 Å². The summed E-state index contributed by atoms with van der Waals surface area (Å²) in [5.74, 6) is 1.32. The Hall–Kier alpha value is -1.24. The highest BCUT2D eigenvalue weighted by Gasteiger charge is 2.03. The number of rotatable bonds is 8. The molecule has 17 heavy (non-hydrogen) atoms. The Morgan fingerprint density at radius 2 is 2.35 bits per heavy atom. The Morgan fingerprint density at radius 1 is 1.53 bits per heavy atom. The molecule has 1 aromatic heterocycles. The van der Waals surface area contributed by atoms with Crippen LogP contribution in [0.5, 0.6) is 0 Å². The minimum atomic E-state index is -0.0558. The number of anilines is 1. The summed E-state index contributed by atoms with van der Waals surface area (Å²) in [6, 6.07) is 0. The molecule has 0 atom stereocenters. The van der Waals surface area contributed by atoms with Gasteiger partial charge in [-0.1, -0.05) is 6.42 Å². The van der Waals surface area contributed by atoms with Gasteiger partial charge in [-0.05, 0) is 24.9 Å². The summed E-state index contributed by atoms with van der Waals surface area (Å²) in [5.41, 5.74) is 5.35. The molecule has 1 rings (SSSR count). The summed E-state index contributed by atoms with van der Waals surface area (Å²) in [6.07, 6.45) is 6.93. The third-order valence-corrected chi connectivity index (χ3v) is 2.90. The Morgan fingerprint density at radius 3 is 3.00 bits per heavy atom. The fourth-order valence-electron chi connectivity index (χ4n) is 1.36. The number of carbonyl (C=O) groups is 1. The molecule has 1 amide bonds. The maximum Gasteiger partial charge on any atom is 0.241 e. The number of carbonyl (C=O) groups excluding carboxylic acids is 1. The second-order valence-electron chi connectivity index (χ2n) is 3.70. The molecule has 0 unspecified atom stereocenters. The molecule has 0 aliphatic carbocycles. The summed E-state index contributed by atoms with van der Waals surface area (Å²) < 4.78 is 1.43. The van der Waals surface area contributed by atoms with Gasteiger partial charge in [-0.2, -0.15) is 11.8 Å². The van der Waals surface area contributed by atoms with Crippen LogP contribution in [0.15, 0.2) is 6.33 Å². The van der Waals surface area contributed by atoms with E-state index in [4.69, 9.17) is 5.73 Å². The van der Waals surface area contributed by atoms with Crippen LogP contribution in [-0.2, 0) is 11.3 Å². The van der Waals surface area contributed by atoms with Crippen molar-refractivity contribution < 1.29 is 4.79 Å². The lowest BCUT2D eigenvalue weighted by Crippen LogP contribution is -2.28. The first-order valence-electron chi connectivity index (χ1n) is 5.63. The summed E-state index contributed by atoms with van der Waals surface area (Å²) in [7, 11) is 0. The molecular weight excluding hydrogens is 238 g/mol. The minimum Gasteiger partial charge on any atom is -0.367 e. The molecule has 0 saturated heterocycles. The summed E-state index contributed by atoms with van der Waals surface area (Å²) in [5, 5.41) is 6.68. The maximum atomic E-state index is 11.5. The molecule has 0 saturated carbocycles. The average molecular weight is 257 g/mol. The van der Waals surface area contributed by atoms with Crippen LogP contribution in [-0.4, -0.2) is 39.2 Å². The van der Waals surface area contributed by atoms with Crippen LogP contribution >= 0.6 is 11.8 Å². The van der Waals surface area contributed by atoms with Crippen LogP contribution in [0.2, 0.25) is 0 Å². The summed E-state index contributed by atoms with van der Waals surface area (Å²) in [4.78, 5) is 15.2. The molecule has 6 nitrogen and oxygen atoms in total. The second-order valence-corrected chi connectivity index (χ2v) is 4.69. The predicted molar refractivity (Wildman–Crippen MR) is 69.7 cm³/mol. The Bertz CT molecular complexity index is 341. The first kappa shape index (κ1) is 13.8. The molecule has 1 heterocycles. The van der Waals surface area contributed by atoms with Crippen molar-refractivity contribution in [1.29, 1.82) is 0 Å². The summed E-state index contributed by atoms with van der Waals surface area (Å²) >= 11 is 1.85. The number of nitrogens with zero attached hydrogens (tertiary/aromatic N) is 3. The lowest BCUT2D eigenvalue weighted by molar-refractivity contribution is -0.121. The van der Waals surface area contributed by atoms with Gasteiger partial charge in [0.1, 0.15) is 12.9 Å². The smallest absolute Gasteiger partial charge is 0.241 e. The molecule has 0 radical (unpaired) electrons. The topological polar surface area (TPSA) is 85.8 Å². The first-order valence-corrected chi connectivity index (χ1v) is 7.02. The number of aromatic nitrogens is 3. The first-order chi connectivity index (χ1) is 8.22. The number of unbranched alkanes of at least 4 members (excludes halogenated alkanes) is 2. The van der Waals surface area contributed by atoms with Crippen LogP contribution in [0.1, 0.15) is 19.3 Å². The van der Waals surface area contributed by atoms with Crippen molar-refractivity contribution in [2.75, 3.05) is 24.3 Å². The van der Waals surface area contributed by atoms with E-state index in [9.17, 15) is 4.79 Å². The van der Waals surface area contributed by atoms with Crippen molar-refractivity contribution in [3.63, 3.8) is 0 Å².